The Balaban J connectivity index is 1.39. The van der Waals surface area contributed by atoms with Crippen molar-refractivity contribution in [2.45, 2.75) is 61.2 Å². The van der Waals surface area contributed by atoms with Crippen LogP contribution in [0.15, 0.2) is 66.7 Å². The van der Waals surface area contributed by atoms with Gasteiger partial charge in [0, 0.05) is 44.6 Å². The maximum absolute atomic E-state index is 14.2. The first-order chi connectivity index (χ1) is 25.1. The maximum Gasteiger partial charge on any atom is 0.339 e. The Morgan fingerprint density at radius 3 is 2.29 bits per heavy atom. The van der Waals surface area contributed by atoms with E-state index in [1.54, 1.807) is 54.6 Å². The summed E-state index contributed by atoms with van der Waals surface area (Å²) in [7, 11) is 4.29. The SMILES string of the molecule is COc1ccc([C@@]23Oc4cc(O[C@@H]5OC(CCO)CO[C@H]5OC)cc(OC)c4[C@]2(O)[C@H](O)[C@H](C(=O)ON2C(=O)CCC2=O)[C@H]3c2ccccc2)cc1. The van der Waals surface area contributed by atoms with E-state index in [1.165, 1.54) is 33.5 Å². The van der Waals surface area contributed by atoms with E-state index in [2.05, 4.69) is 0 Å². The lowest BCUT2D eigenvalue weighted by Gasteiger charge is -2.40. The molecule has 15 nitrogen and oxygen atoms in total. The minimum atomic E-state index is -2.42. The largest absolute Gasteiger partial charge is 0.497 e. The minimum Gasteiger partial charge on any atom is -0.497 e. The summed E-state index contributed by atoms with van der Waals surface area (Å²) in [5, 5.41) is 35.5. The van der Waals surface area contributed by atoms with Crippen LogP contribution in [0.4, 0.5) is 0 Å². The summed E-state index contributed by atoms with van der Waals surface area (Å²) in [4.78, 5) is 44.6. The van der Waals surface area contributed by atoms with Gasteiger partial charge in [0.25, 0.3) is 18.1 Å². The lowest BCUT2D eigenvalue weighted by molar-refractivity contribution is -0.313. The number of carbonyl (C=O) groups excluding carboxylic acids is 3. The molecule has 3 heterocycles. The lowest BCUT2D eigenvalue weighted by atomic mass is 9.70. The fourth-order valence-corrected chi connectivity index (χ4v) is 7.79. The number of hydrogen-bond acceptors (Lipinski definition) is 14. The standard InChI is InChI=1S/C37H39NO14/c1-45-22-11-9-21(10-12-22)37-30(20-7-5-4-6-8-20)29(33(43)52-38-27(40)13-14-28(38)41)32(42)36(37,44)31-25(46-2)17-24(18-26(31)51-37)50-35-34(47-3)48-19-23(49-35)15-16-39/h4-12,17-18,23,29-30,32,34-35,39,42,44H,13-16,19H2,1-3H3/t23?,29-,30-,32-,34-,35+,36+,37+/m1/s1. The molecule has 0 radical (unpaired) electrons. The lowest BCUT2D eigenvalue weighted by Crippen LogP contribution is -2.52. The number of aliphatic hydroxyl groups is 3. The van der Waals surface area contributed by atoms with Crippen LogP contribution in [0, 0.1) is 5.92 Å². The zero-order valence-electron chi connectivity index (χ0n) is 28.6. The molecule has 2 amide bonds. The number of benzene rings is 3. The summed E-state index contributed by atoms with van der Waals surface area (Å²) < 4.78 is 41.5. The minimum absolute atomic E-state index is 0.0116. The molecule has 0 aromatic heterocycles. The van der Waals surface area contributed by atoms with Crippen molar-refractivity contribution < 1.29 is 67.7 Å². The smallest absolute Gasteiger partial charge is 0.339 e. The molecule has 4 aliphatic rings. The van der Waals surface area contributed by atoms with Gasteiger partial charge in [-0.25, -0.2) is 4.79 Å². The molecule has 1 aliphatic carbocycles. The van der Waals surface area contributed by atoms with Gasteiger partial charge in [-0.05, 0) is 29.7 Å². The highest BCUT2D eigenvalue weighted by Crippen LogP contribution is 2.70. The zero-order valence-corrected chi connectivity index (χ0v) is 28.6. The fraction of sp³-hybridized carbons (Fsp3) is 0.432. The van der Waals surface area contributed by atoms with Crippen molar-refractivity contribution >= 4 is 17.8 Å². The molecule has 7 rings (SSSR count). The quantitative estimate of drug-likeness (QED) is 0.244. The van der Waals surface area contributed by atoms with Crippen molar-refractivity contribution in [3.8, 4) is 23.0 Å². The molecule has 15 heteroatoms. The van der Waals surface area contributed by atoms with Gasteiger partial charge in [-0.3, -0.25) is 9.59 Å². The third kappa shape index (κ3) is 5.55. The molecule has 0 bridgehead atoms. The molecule has 3 aliphatic heterocycles. The van der Waals surface area contributed by atoms with Crippen LogP contribution in [-0.4, -0.2) is 97.5 Å². The molecule has 8 atom stereocenters. The number of amides is 2. The van der Waals surface area contributed by atoms with Crippen molar-refractivity contribution in [3.05, 3.63) is 83.4 Å². The number of fused-ring (bicyclic) bond motifs is 3. The van der Waals surface area contributed by atoms with E-state index in [-0.39, 0.29) is 48.9 Å². The third-order valence-electron chi connectivity index (χ3n) is 10.1. The summed E-state index contributed by atoms with van der Waals surface area (Å²) in [6.45, 7) is 0.0461. The maximum atomic E-state index is 14.2. The van der Waals surface area contributed by atoms with E-state index in [0.717, 1.165) is 0 Å². The average Bonchev–Trinajstić information content (AvgIpc) is 3.69. The molecule has 1 saturated carbocycles. The monoisotopic (exact) mass is 721 g/mol. The van der Waals surface area contributed by atoms with Crippen molar-refractivity contribution in [1.29, 1.82) is 0 Å². The Morgan fingerprint density at radius 1 is 0.942 bits per heavy atom. The summed E-state index contributed by atoms with van der Waals surface area (Å²) >= 11 is 0. The van der Waals surface area contributed by atoms with Gasteiger partial charge >= 0.3 is 5.97 Å². The Labute approximate surface area is 298 Å². The number of nitrogens with zero attached hydrogens (tertiary/aromatic N) is 1. The van der Waals surface area contributed by atoms with Crippen LogP contribution in [0.25, 0.3) is 0 Å². The summed E-state index contributed by atoms with van der Waals surface area (Å²) in [5.74, 6) is -4.54. The molecule has 3 aromatic carbocycles. The van der Waals surface area contributed by atoms with E-state index < -0.39 is 65.6 Å². The second-order valence-electron chi connectivity index (χ2n) is 12.9. The molecule has 3 fully saturated rings. The number of aliphatic hydroxyl groups excluding tert-OH is 2. The number of carbonyl (C=O) groups is 3. The fourth-order valence-electron chi connectivity index (χ4n) is 7.79. The Kier molecular flexibility index (Phi) is 9.58. The Morgan fingerprint density at radius 2 is 1.65 bits per heavy atom. The molecule has 0 spiro atoms. The van der Waals surface area contributed by atoms with Gasteiger partial charge in [0.1, 0.15) is 29.1 Å². The Hall–Kier alpha value is -4.77. The van der Waals surface area contributed by atoms with Crippen molar-refractivity contribution in [2.24, 2.45) is 5.92 Å². The second kappa shape index (κ2) is 14.0. The first-order valence-electron chi connectivity index (χ1n) is 16.8. The summed E-state index contributed by atoms with van der Waals surface area (Å²) in [6.07, 6.45) is -4.39. The van der Waals surface area contributed by atoms with Crippen LogP contribution in [-0.2, 0) is 44.6 Å². The zero-order chi connectivity index (χ0) is 36.8. The van der Waals surface area contributed by atoms with Gasteiger partial charge in [-0.1, -0.05) is 42.5 Å². The van der Waals surface area contributed by atoms with Crippen molar-refractivity contribution in [2.75, 3.05) is 34.5 Å². The van der Waals surface area contributed by atoms with E-state index in [9.17, 15) is 29.7 Å². The van der Waals surface area contributed by atoms with Crippen LogP contribution in [0.1, 0.15) is 41.9 Å². The van der Waals surface area contributed by atoms with E-state index in [0.29, 0.717) is 28.4 Å². The van der Waals surface area contributed by atoms with Gasteiger partial charge in [-0.15, -0.1) is 5.06 Å². The normalized spacial score (nSPS) is 30.8. The topological polar surface area (TPSA) is 189 Å². The number of methoxy groups -OCH3 is 3. The highest BCUT2D eigenvalue weighted by molar-refractivity contribution is 6.01. The first kappa shape index (κ1) is 35.6. The summed E-state index contributed by atoms with van der Waals surface area (Å²) in [6, 6.07) is 18.2. The number of hydroxylamine groups is 2. The third-order valence-corrected chi connectivity index (χ3v) is 10.1. The predicted octanol–water partition coefficient (Wildman–Crippen LogP) is 2.04. The van der Waals surface area contributed by atoms with Crippen LogP contribution < -0.4 is 18.9 Å². The van der Waals surface area contributed by atoms with E-state index in [1.807, 2.05) is 0 Å². The highest BCUT2D eigenvalue weighted by Gasteiger charge is 2.78. The van der Waals surface area contributed by atoms with Gasteiger partial charge in [0.15, 0.2) is 11.2 Å². The van der Waals surface area contributed by atoms with Crippen molar-refractivity contribution in [1.82, 2.24) is 5.06 Å². The molecule has 276 valence electrons. The van der Waals surface area contributed by atoms with Crippen LogP contribution >= 0.6 is 0 Å². The highest BCUT2D eigenvalue weighted by atomic mass is 16.8. The molecule has 2 saturated heterocycles. The average molecular weight is 722 g/mol. The van der Waals surface area contributed by atoms with Gasteiger partial charge < -0.3 is 53.3 Å². The number of imide groups is 1. The van der Waals surface area contributed by atoms with Gasteiger partial charge in [0.2, 0.25) is 6.29 Å². The number of hydrogen-bond donors (Lipinski definition) is 3. The number of ether oxygens (including phenoxy) is 7. The first-order valence-corrected chi connectivity index (χ1v) is 16.8. The van der Waals surface area contributed by atoms with Gasteiger partial charge in [-0.2, -0.15) is 0 Å². The summed E-state index contributed by atoms with van der Waals surface area (Å²) in [5.41, 5.74) is -3.54. The molecule has 1 unspecified atom stereocenters. The second-order valence-corrected chi connectivity index (χ2v) is 12.9. The van der Waals surface area contributed by atoms with E-state index >= 15 is 0 Å². The molecular weight excluding hydrogens is 682 g/mol. The van der Waals surface area contributed by atoms with Crippen LogP contribution in [0.2, 0.25) is 0 Å². The van der Waals surface area contributed by atoms with Gasteiger partial charge in [0.05, 0.1) is 38.4 Å². The van der Waals surface area contributed by atoms with Crippen LogP contribution in [0.3, 0.4) is 0 Å². The van der Waals surface area contributed by atoms with Crippen LogP contribution in [0.5, 0.6) is 23.0 Å². The van der Waals surface area contributed by atoms with E-state index in [4.69, 9.17) is 38.0 Å². The number of rotatable bonds is 11. The molecule has 3 N–H and O–H groups in total. The molecular formula is C37H39NO14. The molecule has 3 aromatic rings. The Bertz CT molecular complexity index is 1800. The van der Waals surface area contributed by atoms with Crippen molar-refractivity contribution in [3.63, 3.8) is 0 Å². The predicted molar refractivity (Wildman–Crippen MR) is 176 cm³/mol. The molecule has 52 heavy (non-hydrogen) atoms.